The van der Waals surface area contributed by atoms with E-state index in [0.29, 0.717) is 4.57 Å². The summed E-state index contributed by atoms with van der Waals surface area (Å²) in [5.41, 5.74) is 5.05. The highest BCUT2D eigenvalue weighted by atomic mass is 19.3. The van der Waals surface area contributed by atoms with Crippen LogP contribution in [-0.4, -0.2) is 14.8 Å². The van der Waals surface area contributed by atoms with Crippen molar-refractivity contribution in [3.05, 3.63) is 5.82 Å². The van der Waals surface area contributed by atoms with Crippen LogP contribution < -0.4 is 5.73 Å². The molecule has 0 aromatic carbocycles. The molecule has 0 amide bonds. The Morgan fingerprint density at radius 3 is 2.00 bits per heavy atom. The first-order chi connectivity index (χ1) is 5.63. The standard InChI is InChI=1S/C4H6F2N4.C2H6/c1-2-8-9-4(7)10(2)3(5)6;1-2/h3H,1H3,(H2,7,9);1-2H3. The van der Waals surface area contributed by atoms with E-state index in [9.17, 15) is 8.78 Å². The monoisotopic (exact) mass is 178 g/mol. The molecular weight excluding hydrogens is 166 g/mol. The lowest BCUT2D eigenvalue weighted by molar-refractivity contribution is 0.0701. The third-order valence-electron chi connectivity index (χ3n) is 1.09. The van der Waals surface area contributed by atoms with Crippen molar-refractivity contribution in [2.75, 3.05) is 5.73 Å². The first-order valence-corrected chi connectivity index (χ1v) is 3.58. The zero-order valence-electron chi connectivity index (χ0n) is 7.25. The van der Waals surface area contributed by atoms with E-state index >= 15 is 0 Å². The van der Waals surface area contributed by atoms with E-state index in [0.717, 1.165) is 0 Å². The molecule has 4 nitrogen and oxygen atoms in total. The molecule has 70 valence electrons. The second-order valence-electron chi connectivity index (χ2n) is 1.75. The molecule has 0 saturated heterocycles. The Hall–Kier alpha value is -1.20. The van der Waals surface area contributed by atoms with Gasteiger partial charge in [0.1, 0.15) is 5.82 Å². The molecule has 1 heterocycles. The zero-order valence-corrected chi connectivity index (χ0v) is 7.25. The molecule has 0 fully saturated rings. The normalized spacial score (nSPS) is 9.50. The number of hydrogen-bond acceptors (Lipinski definition) is 3. The topological polar surface area (TPSA) is 56.7 Å². The van der Waals surface area contributed by atoms with Crippen molar-refractivity contribution in [1.82, 2.24) is 14.8 Å². The minimum Gasteiger partial charge on any atom is -0.368 e. The quantitative estimate of drug-likeness (QED) is 0.710. The molecule has 2 N–H and O–H groups in total. The lowest BCUT2D eigenvalue weighted by Gasteiger charge is -2.01. The van der Waals surface area contributed by atoms with Gasteiger partial charge in [-0.15, -0.1) is 10.2 Å². The van der Waals surface area contributed by atoms with Gasteiger partial charge in [0.05, 0.1) is 0 Å². The lowest BCUT2D eigenvalue weighted by Crippen LogP contribution is -2.05. The maximum atomic E-state index is 11.9. The Labute approximate surface area is 69.4 Å². The summed E-state index contributed by atoms with van der Waals surface area (Å²) in [4.78, 5) is 0. The summed E-state index contributed by atoms with van der Waals surface area (Å²) in [5.74, 6) is -0.139. The summed E-state index contributed by atoms with van der Waals surface area (Å²) < 4.78 is 24.4. The molecule has 0 aliphatic carbocycles. The van der Waals surface area contributed by atoms with E-state index in [1.807, 2.05) is 13.8 Å². The summed E-state index contributed by atoms with van der Waals surface area (Å²) in [6.07, 6.45) is 0. The number of nitrogen functional groups attached to an aromatic ring is 1. The van der Waals surface area contributed by atoms with Crippen LogP contribution in [0.1, 0.15) is 26.2 Å². The van der Waals surface area contributed by atoms with Crippen LogP contribution in [0.5, 0.6) is 0 Å². The number of anilines is 1. The van der Waals surface area contributed by atoms with Crippen LogP contribution in [0.4, 0.5) is 14.7 Å². The molecule has 0 radical (unpaired) electrons. The second kappa shape index (κ2) is 4.63. The summed E-state index contributed by atoms with van der Waals surface area (Å²) >= 11 is 0. The van der Waals surface area contributed by atoms with E-state index in [2.05, 4.69) is 10.2 Å². The van der Waals surface area contributed by atoms with Gasteiger partial charge in [-0.1, -0.05) is 13.8 Å². The highest BCUT2D eigenvalue weighted by Gasteiger charge is 2.13. The number of rotatable bonds is 1. The Morgan fingerprint density at radius 2 is 1.83 bits per heavy atom. The Morgan fingerprint density at radius 1 is 1.33 bits per heavy atom. The van der Waals surface area contributed by atoms with Gasteiger partial charge in [0.2, 0.25) is 5.95 Å². The molecule has 1 rings (SSSR count). The number of aromatic nitrogens is 3. The van der Waals surface area contributed by atoms with Crippen LogP contribution in [0.25, 0.3) is 0 Å². The third kappa shape index (κ3) is 2.14. The fourth-order valence-corrected chi connectivity index (χ4v) is 0.627. The average molecular weight is 178 g/mol. The molecule has 1 aromatic heterocycles. The maximum absolute atomic E-state index is 11.9. The van der Waals surface area contributed by atoms with Crippen molar-refractivity contribution in [3.8, 4) is 0 Å². The van der Waals surface area contributed by atoms with Crippen LogP contribution in [0.2, 0.25) is 0 Å². The van der Waals surface area contributed by atoms with Gasteiger partial charge in [0.15, 0.2) is 0 Å². The van der Waals surface area contributed by atoms with Gasteiger partial charge < -0.3 is 5.73 Å². The van der Waals surface area contributed by atoms with Crippen molar-refractivity contribution in [3.63, 3.8) is 0 Å². The molecule has 0 saturated carbocycles. The molecule has 0 atom stereocenters. The van der Waals surface area contributed by atoms with Gasteiger partial charge >= 0.3 is 6.55 Å². The molecular formula is C6H12F2N4. The molecule has 1 aromatic rings. The van der Waals surface area contributed by atoms with E-state index in [1.54, 1.807) is 0 Å². The largest absolute Gasteiger partial charge is 0.368 e. The Balaban J connectivity index is 0.000000561. The van der Waals surface area contributed by atoms with Gasteiger partial charge in [-0.2, -0.15) is 8.78 Å². The number of halogens is 2. The fraction of sp³-hybridized carbons (Fsp3) is 0.667. The average Bonchev–Trinajstić information content (AvgIpc) is 2.35. The van der Waals surface area contributed by atoms with Crippen LogP contribution in [0.3, 0.4) is 0 Å². The predicted molar refractivity (Wildman–Crippen MR) is 41.8 cm³/mol. The summed E-state index contributed by atoms with van der Waals surface area (Å²) in [7, 11) is 0. The van der Waals surface area contributed by atoms with Crippen molar-refractivity contribution in [1.29, 1.82) is 0 Å². The molecule has 0 unspecified atom stereocenters. The first-order valence-electron chi connectivity index (χ1n) is 3.58. The van der Waals surface area contributed by atoms with E-state index < -0.39 is 6.55 Å². The van der Waals surface area contributed by atoms with Crippen molar-refractivity contribution < 1.29 is 8.78 Å². The molecule has 0 aliphatic rings. The zero-order chi connectivity index (χ0) is 9.72. The number of nitrogens with two attached hydrogens (primary N) is 1. The van der Waals surface area contributed by atoms with Gasteiger partial charge in [-0.05, 0) is 6.92 Å². The minimum absolute atomic E-state index is 0.118. The molecule has 0 spiro atoms. The minimum atomic E-state index is -2.66. The summed E-state index contributed by atoms with van der Waals surface area (Å²) in [6, 6.07) is 0. The van der Waals surface area contributed by atoms with Crippen molar-refractivity contribution in [2.24, 2.45) is 0 Å². The third-order valence-corrected chi connectivity index (χ3v) is 1.09. The molecule has 6 heteroatoms. The smallest absolute Gasteiger partial charge is 0.322 e. The molecule has 0 aliphatic heterocycles. The number of hydrogen-bond donors (Lipinski definition) is 1. The summed E-state index contributed by atoms with van der Waals surface area (Å²) in [6.45, 7) is 2.75. The fourth-order valence-electron chi connectivity index (χ4n) is 0.627. The highest BCUT2D eigenvalue weighted by Crippen LogP contribution is 2.14. The van der Waals surface area contributed by atoms with Gasteiger partial charge in [-0.25, -0.2) is 4.57 Å². The van der Waals surface area contributed by atoms with E-state index in [4.69, 9.17) is 5.73 Å². The maximum Gasteiger partial charge on any atom is 0.322 e. The Kier molecular flexibility index (Phi) is 4.17. The van der Waals surface area contributed by atoms with Gasteiger partial charge in [0.25, 0.3) is 0 Å². The van der Waals surface area contributed by atoms with Crippen molar-refractivity contribution >= 4 is 5.95 Å². The Bertz CT molecular complexity index is 214. The first kappa shape index (κ1) is 10.8. The number of aryl methyl sites for hydroxylation is 1. The second-order valence-corrected chi connectivity index (χ2v) is 1.75. The van der Waals surface area contributed by atoms with Gasteiger partial charge in [-0.3, -0.25) is 0 Å². The summed E-state index contributed by atoms with van der Waals surface area (Å²) in [5, 5.41) is 6.59. The van der Waals surface area contributed by atoms with E-state index in [-0.39, 0.29) is 11.8 Å². The van der Waals surface area contributed by atoms with Gasteiger partial charge in [0, 0.05) is 0 Å². The molecule has 12 heavy (non-hydrogen) atoms. The highest BCUT2D eigenvalue weighted by molar-refractivity contribution is 5.16. The van der Waals surface area contributed by atoms with Crippen LogP contribution in [-0.2, 0) is 0 Å². The van der Waals surface area contributed by atoms with Crippen LogP contribution in [0, 0.1) is 6.92 Å². The van der Waals surface area contributed by atoms with E-state index in [1.165, 1.54) is 6.92 Å². The van der Waals surface area contributed by atoms with Crippen molar-refractivity contribution in [2.45, 2.75) is 27.3 Å². The number of nitrogens with zero attached hydrogens (tertiary/aromatic N) is 3. The molecule has 0 bridgehead atoms. The van der Waals surface area contributed by atoms with Crippen LogP contribution in [0.15, 0.2) is 0 Å². The predicted octanol–water partition coefficient (Wildman–Crippen LogP) is 1.59. The number of alkyl halides is 2. The lowest BCUT2D eigenvalue weighted by atomic mass is 10.7. The van der Waals surface area contributed by atoms with Crippen LogP contribution >= 0.6 is 0 Å². The SMILES string of the molecule is CC.Cc1nnc(N)n1C(F)F.